The summed E-state index contributed by atoms with van der Waals surface area (Å²) in [5.74, 6) is 0.669. The van der Waals surface area contributed by atoms with E-state index in [9.17, 15) is 15.3 Å². The number of aromatic nitrogens is 4. The zero-order valence-corrected chi connectivity index (χ0v) is 13.8. The smallest absolute Gasteiger partial charge is 0.167 e. The number of nitrogens with zero attached hydrogens (tertiary/aromatic N) is 4. The van der Waals surface area contributed by atoms with Gasteiger partial charge < -0.3 is 25.4 Å². The van der Waals surface area contributed by atoms with Gasteiger partial charge in [-0.1, -0.05) is 19.3 Å². The van der Waals surface area contributed by atoms with Crippen molar-refractivity contribution in [2.75, 3.05) is 11.9 Å². The summed E-state index contributed by atoms with van der Waals surface area (Å²) in [4.78, 5) is 13.0. The van der Waals surface area contributed by atoms with E-state index < -0.39 is 24.5 Å². The van der Waals surface area contributed by atoms with Crippen molar-refractivity contribution in [1.82, 2.24) is 19.5 Å². The number of hydrogen-bond donors (Lipinski definition) is 4. The molecule has 4 N–H and O–H groups in total. The Morgan fingerprint density at radius 1 is 1.12 bits per heavy atom. The molecule has 2 fully saturated rings. The highest BCUT2D eigenvalue weighted by atomic mass is 16.6. The van der Waals surface area contributed by atoms with Gasteiger partial charge in [0.2, 0.25) is 0 Å². The lowest BCUT2D eigenvalue weighted by molar-refractivity contribution is -0.0511. The second kappa shape index (κ2) is 6.83. The molecule has 2 aromatic heterocycles. The van der Waals surface area contributed by atoms with E-state index >= 15 is 0 Å². The van der Waals surface area contributed by atoms with Crippen molar-refractivity contribution in [3.05, 3.63) is 12.7 Å². The normalized spacial score (nSPS) is 30.8. The van der Waals surface area contributed by atoms with Gasteiger partial charge in [-0.3, -0.25) is 4.57 Å². The molecule has 0 unspecified atom stereocenters. The lowest BCUT2D eigenvalue weighted by atomic mass is 9.95. The summed E-state index contributed by atoms with van der Waals surface area (Å²) in [7, 11) is 0. The highest BCUT2D eigenvalue weighted by Gasteiger charge is 2.44. The monoisotopic (exact) mass is 349 g/mol. The molecule has 1 saturated carbocycles. The van der Waals surface area contributed by atoms with Gasteiger partial charge in [0.05, 0.1) is 12.9 Å². The topological polar surface area (TPSA) is 126 Å². The standard InChI is InChI=1S/C16H23N5O4/c22-6-10-12(23)13(24)16(25-10)21-8-19-11-14(17-7-18-15(11)21)20-9-4-2-1-3-5-9/h7-10,12-13,16,22-24H,1-6H2,(H,17,18,20)/t10-,12+,13+,16+/m0/s1. The Morgan fingerprint density at radius 3 is 2.64 bits per heavy atom. The molecule has 9 nitrogen and oxygen atoms in total. The molecule has 2 aliphatic rings. The number of aliphatic hydroxyl groups excluding tert-OH is 3. The fraction of sp³-hybridized carbons (Fsp3) is 0.688. The maximum absolute atomic E-state index is 10.2. The fourth-order valence-electron chi connectivity index (χ4n) is 3.69. The molecule has 0 aromatic carbocycles. The van der Waals surface area contributed by atoms with E-state index in [0.29, 0.717) is 23.0 Å². The highest BCUT2D eigenvalue weighted by molar-refractivity contribution is 5.82. The van der Waals surface area contributed by atoms with Gasteiger partial charge in [0, 0.05) is 6.04 Å². The molecule has 0 radical (unpaired) electrons. The number of nitrogens with one attached hydrogen (secondary N) is 1. The molecule has 25 heavy (non-hydrogen) atoms. The van der Waals surface area contributed by atoms with Crippen LogP contribution in [-0.4, -0.2) is 65.8 Å². The molecule has 4 rings (SSSR count). The summed E-state index contributed by atoms with van der Waals surface area (Å²) < 4.78 is 7.15. The summed E-state index contributed by atoms with van der Waals surface area (Å²) in [5, 5.41) is 32.9. The number of hydrogen-bond acceptors (Lipinski definition) is 8. The summed E-state index contributed by atoms with van der Waals surface area (Å²) in [6, 6.07) is 0.380. The maximum atomic E-state index is 10.2. The van der Waals surface area contributed by atoms with Gasteiger partial charge in [0.1, 0.15) is 24.6 Å². The average molecular weight is 349 g/mol. The third-order valence-corrected chi connectivity index (χ3v) is 5.10. The third-order valence-electron chi connectivity index (χ3n) is 5.10. The molecule has 2 aromatic rings. The van der Waals surface area contributed by atoms with E-state index in [4.69, 9.17) is 4.74 Å². The van der Waals surface area contributed by atoms with E-state index in [1.54, 1.807) is 4.57 Å². The van der Waals surface area contributed by atoms with Crippen LogP contribution in [0, 0.1) is 0 Å². The molecule has 0 amide bonds. The van der Waals surface area contributed by atoms with Crippen LogP contribution in [0.15, 0.2) is 12.7 Å². The van der Waals surface area contributed by atoms with Crippen molar-refractivity contribution in [2.24, 2.45) is 0 Å². The Balaban J connectivity index is 1.62. The number of imidazole rings is 1. The van der Waals surface area contributed by atoms with Gasteiger partial charge >= 0.3 is 0 Å². The molecular weight excluding hydrogens is 326 g/mol. The molecule has 3 heterocycles. The molecule has 1 aliphatic carbocycles. The number of ether oxygens (including phenoxy) is 1. The van der Waals surface area contributed by atoms with Crippen LogP contribution in [0.1, 0.15) is 38.3 Å². The fourth-order valence-corrected chi connectivity index (χ4v) is 3.69. The van der Waals surface area contributed by atoms with E-state index in [1.807, 2.05) is 0 Å². The van der Waals surface area contributed by atoms with Crippen molar-refractivity contribution in [3.63, 3.8) is 0 Å². The Hall–Kier alpha value is -1.81. The number of anilines is 1. The van der Waals surface area contributed by atoms with Gasteiger partial charge in [-0.25, -0.2) is 15.0 Å². The van der Waals surface area contributed by atoms with E-state index in [-0.39, 0.29) is 6.61 Å². The first-order valence-corrected chi connectivity index (χ1v) is 8.75. The molecule has 136 valence electrons. The molecule has 0 bridgehead atoms. The third kappa shape index (κ3) is 2.97. The maximum Gasteiger partial charge on any atom is 0.167 e. The van der Waals surface area contributed by atoms with Crippen molar-refractivity contribution in [2.45, 2.75) is 62.7 Å². The first kappa shape index (κ1) is 16.6. The number of fused-ring (bicyclic) bond motifs is 1. The summed E-state index contributed by atoms with van der Waals surface area (Å²) in [5.41, 5.74) is 1.12. The van der Waals surface area contributed by atoms with E-state index in [1.165, 1.54) is 31.9 Å². The van der Waals surface area contributed by atoms with Gasteiger partial charge in [-0.05, 0) is 12.8 Å². The zero-order chi connectivity index (χ0) is 17.4. The second-order valence-electron chi connectivity index (χ2n) is 6.75. The van der Waals surface area contributed by atoms with Gasteiger partial charge in [0.15, 0.2) is 23.2 Å². The average Bonchev–Trinajstić information content (AvgIpc) is 3.18. The van der Waals surface area contributed by atoms with Crippen molar-refractivity contribution in [3.8, 4) is 0 Å². The van der Waals surface area contributed by atoms with Crippen LogP contribution in [0.2, 0.25) is 0 Å². The Morgan fingerprint density at radius 2 is 1.92 bits per heavy atom. The Bertz CT molecular complexity index is 732. The van der Waals surface area contributed by atoms with Gasteiger partial charge in [-0.2, -0.15) is 0 Å². The Kier molecular flexibility index (Phi) is 4.55. The zero-order valence-electron chi connectivity index (χ0n) is 13.8. The van der Waals surface area contributed by atoms with Crippen molar-refractivity contribution in [1.29, 1.82) is 0 Å². The summed E-state index contributed by atoms with van der Waals surface area (Å²) >= 11 is 0. The molecule has 0 spiro atoms. The predicted molar refractivity (Wildman–Crippen MR) is 88.8 cm³/mol. The van der Waals surface area contributed by atoms with Crippen molar-refractivity contribution < 1.29 is 20.1 Å². The quantitative estimate of drug-likeness (QED) is 0.616. The lowest BCUT2D eigenvalue weighted by Crippen LogP contribution is -2.33. The highest BCUT2D eigenvalue weighted by Crippen LogP contribution is 2.32. The second-order valence-corrected chi connectivity index (χ2v) is 6.75. The van der Waals surface area contributed by atoms with Crippen LogP contribution in [0.3, 0.4) is 0 Å². The minimum absolute atomic E-state index is 0.370. The van der Waals surface area contributed by atoms with Gasteiger partial charge in [-0.15, -0.1) is 0 Å². The summed E-state index contributed by atoms with van der Waals surface area (Å²) in [6.07, 6.45) is 4.88. The molecular formula is C16H23N5O4. The first-order valence-electron chi connectivity index (χ1n) is 8.75. The molecule has 1 saturated heterocycles. The van der Waals surface area contributed by atoms with Crippen LogP contribution < -0.4 is 5.32 Å². The van der Waals surface area contributed by atoms with E-state index in [2.05, 4.69) is 20.3 Å². The number of aliphatic hydroxyl groups is 3. The van der Waals surface area contributed by atoms with Crippen LogP contribution in [-0.2, 0) is 4.74 Å². The van der Waals surface area contributed by atoms with Gasteiger partial charge in [0.25, 0.3) is 0 Å². The first-order chi connectivity index (χ1) is 12.2. The minimum atomic E-state index is -1.17. The predicted octanol–water partition coefficient (Wildman–Crippen LogP) is 0.182. The molecule has 9 heteroatoms. The van der Waals surface area contributed by atoms with Crippen LogP contribution in [0.4, 0.5) is 5.82 Å². The molecule has 1 aliphatic heterocycles. The number of rotatable bonds is 4. The summed E-state index contributed by atoms with van der Waals surface area (Å²) in [6.45, 7) is -0.370. The minimum Gasteiger partial charge on any atom is -0.394 e. The SMILES string of the molecule is OC[C@@H]1O[C@@H](n2cnc3c(NC4CCCCC4)ncnc32)[C@H](O)[C@@H]1O. The van der Waals surface area contributed by atoms with Crippen molar-refractivity contribution >= 4 is 17.0 Å². The Labute approximate surface area is 144 Å². The van der Waals surface area contributed by atoms with Crippen LogP contribution in [0.5, 0.6) is 0 Å². The lowest BCUT2D eigenvalue weighted by Gasteiger charge is -2.23. The van der Waals surface area contributed by atoms with Crippen LogP contribution >= 0.6 is 0 Å². The van der Waals surface area contributed by atoms with Crippen LogP contribution in [0.25, 0.3) is 11.2 Å². The molecule has 4 atom stereocenters. The largest absolute Gasteiger partial charge is 0.394 e. The van der Waals surface area contributed by atoms with E-state index in [0.717, 1.165) is 12.8 Å².